The summed E-state index contributed by atoms with van der Waals surface area (Å²) >= 11 is 0. The summed E-state index contributed by atoms with van der Waals surface area (Å²) in [5.74, 6) is 0. The van der Waals surface area contributed by atoms with Crippen molar-refractivity contribution >= 4 is 11.7 Å². The summed E-state index contributed by atoms with van der Waals surface area (Å²) in [5.41, 5.74) is 1.65. The van der Waals surface area contributed by atoms with Crippen LogP contribution in [0.15, 0.2) is 24.3 Å². The first-order valence-electron chi connectivity index (χ1n) is 9.72. The van der Waals surface area contributed by atoms with Crippen molar-refractivity contribution in [1.82, 2.24) is 15.1 Å². The van der Waals surface area contributed by atoms with Crippen molar-refractivity contribution in [1.29, 1.82) is 5.26 Å². The van der Waals surface area contributed by atoms with Crippen LogP contribution in [0.2, 0.25) is 0 Å². The van der Waals surface area contributed by atoms with Crippen molar-refractivity contribution in [2.75, 3.05) is 64.4 Å². The number of methoxy groups -OCH3 is 1. The number of benzene rings is 1. The highest BCUT2D eigenvalue weighted by molar-refractivity contribution is 5.74. The minimum absolute atomic E-state index is 0.0156. The van der Waals surface area contributed by atoms with Crippen LogP contribution < -0.4 is 10.2 Å². The van der Waals surface area contributed by atoms with Crippen LogP contribution in [0.3, 0.4) is 0 Å². The highest BCUT2D eigenvalue weighted by Gasteiger charge is 2.26. The van der Waals surface area contributed by atoms with Crippen LogP contribution in [-0.4, -0.2) is 81.4 Å². The van der Waals surface area contributed by atoms with Gasteiger partial charge in [-0.15, -0.1) is 0 Å². The maximum Gasteiger partial charge on any atom is 0.317 e. The number of piperazine rings is 1. The lowest BCUT2D eigenvalue weighted by atomic mass is 10.1. The van der Waals surface area contributed by atoms with Gasteiger partial charge in [0.15, 0.2) is 0 Å². The van der Waals surface area contributed by atoms with E-state index in [0.29, 0.717) is 31.2 Å². The van der Waals surface area contributed by atoms with E-state index < -0.39 is 0 Å². The second kappa shape index (κ2) is 9.58. The summed E-state index contributed by atoms with van der Waals surface area (Å²) in [5, 5.41) is 12.4. The van der Waals surface area contributed by atoms with E-state index in [2.05, 4.69) is 21.2 Å². The van der Waals surface area contributed by atoms with Gasteiger partial charge in [0.25, 0.3) is 0 Å². The molecular formula is C20H29N5O2. The SMILES string of the molecule is COCCN1CCCC1CNC(=O)N1CCN(c2ccccc2C#N)CC1. The number of ether oxygens (including phenoxy) is 1. The van der Waals surface area contributed by atoms with Crippen molar-refractivity contribution < 1.29 is 9.53 Å². The van der Waals surface area contributed by atoms with Crippen LogP contribution in [0.5, 0.6) is 0 Å². The summed E-state index contributed by atoms with van der Waals surface area (Å²) < 4.78 is 5.17. The van der Waals surface area contributed by atoms with Gasteiger partial charge in [-0.3, -0.25) is 4.90 Å². The quantitative estimate of drug-likeness (QED) is 0.821. The molecule has 7 heteroatoms. The van der Waals surface area contributed by atoms with Gasteiger partial charge in [-0.1, -0.05) is 12.1 Å². The number of urea groups is 1. The van der Waals surface area contributed by atoms with Gasteiger partial charge in [-0.05, 0) is 31.5 Å². The number of carbonyl (C=O) groups excluding carboxylic acids is 1. The largest absolute Gasteiger partial charge is 0.383 e. The molecular weight excluding hydrogens is 342 g/mol. The number of nitriles is 1. The van der Waals surface area contributed by atoms with E-state index in [9.17, 15) is 10.1 Å². The van der Waals surface area contributed by atoms with Gasteiger partial charge >= 0.3 is 6.03 Å². The molecule has 0 spiro atoms. The summed E-state index contributed by atoms with van der Waals surface area (Å²) in [6.07, 6.45) is 2.31. The number of nitrogens with zero attached hydrogens (tertiary/aromatic N) is 4. The van der Waals surface area contributed by atoms with Crippen LogP contribution in [0.1, 0.15) is 18.4 Å². The molecule has 1 unspecified atom stereocenters. The number of hydrogen-bond donors (Lipinski definition) is 1. The van der Waals surface area contributed by atoms with E-state index in [1.165, 1.54) is 6.42 Å². The average molecular weight is 371 g/mol. The van der Waals surface area contributed by atoms with Gasteiger partial charge in [-0.2, -0.15) is 5.26 Å². The summed E-state index contributed by atoms with van der Waals surface area (Å²) in [7, 11) is 1.72. The van der Waals surface area contributed by atoms with Crippen LogP contribution in [0.4, 0.5) is 10.5 Å². The fraction of sp³-hybridized carbons (Fsp3) is 0.600. The molecule has 0 bridgehead atoms. The molecule has 0 saturated carbocycles. The van der Waals surface area contributed by atoms with Gasteiger partial charge in [0.05, 0.1) is 17.9 Å². The van der Waals surface area contributed by atoms with E-state index in [1.54, 1.807) is 7.11 Å². The predicted octanol–water partition coefficient (Wildman–Crippen LogP) is 1.50. The number of para-hydroxylation sites is 1. The van der Waals surface area contributed by atoms with E-state index in [-0.39, 0.29) is 6.03 Å². The second-order valence-electron chi connectivity index (χ2n) is 7.11. The lowest BCUT2D eigenvalue weighted by Gasteiger charge is -2.36. The fourth-order valence-electron chi connectivity index (χ4n) is 3.94. The van der Waals surface area contributed by atoms with Crippen LogP contribution in [0, 0.1) is 11.3 Å². The molecule has 2 saturated heterocycles. The predicted molar refractivity (Wildman–Crippen MR) is 105 cm³/mol. The molecule has 2 aliphatic heterocycles. The zero-order valence-corrected chi connectivity index (χ0v) is 16.1. The van der Waals surface area contributed by atoms with Crippen LogP contribution in [-0.2, 0) is 4.74 Å². The molecule has 2 fully saturated rings. The van der Waals surface area contributed by atoms with E-state index >= 15 is 0 Å². The number of anilines is 1. The molecule has 3 rings (SSSR count). The third kappa shape index (κ3) is 4.90. The summed E-state index contributed by atoms with van der Waals surface area (Å²) in [6.45, 7) is 6.27. The molecule has 0 aromatic heterocycles. The molecule has 1 aromatic carbocycles. The summed E-state index contributed by atoms with van der Waals surface area (Å²) in [6, 6.07) is 10.3. The number of rotatable bonds is 6. The number of nitrogens with one attached hydrogen (secondary N) is 1. The first-order valence-corrected chi connectivity index (χ1v) is 9.72. The maximum atomic E-state index is 12.5. The Balaban J connectivity index is 1.45. The van der Waals surface area contributed by atoms with Crippen molar-refractivity contribution in [3.8, 4) is 6.07 Å². The molecule has 0 radical (unpaired) electrons. The molecule has 2 heterocycles. The van der Waals surface area contributed by atoms with Crippen molar-refractivity contribution in [3.63, 3.8) is 0 Å². The van der Waals surface area contributed by atoms with Gasteiger partial charge < -0.3 is 19.9 Å². The maximum absolute atomic E-state index is 12.5. The Morgan fingerprint density at radius 1 is 1.26 bits per heavy atom. The monoisotopic (exact) mass is 371 g/mol. The van der Waals surface area contributed by atoms with Crippen molar-refractivity contribution in [2.45, 2.75) is 18.9 Å². The number of carbonyl (C=O) groups is 1. The molecule has 146 valence electrons. The molecule has 27 heavy (non-hydrogen) atoms. The zero-order chi connectivity index (χ0) is 19.1. The topological polar surface area (TPSA) is 71.8 Å². The number of likely N-dealkylation sites (tertiary alicyclic amines) is 1. The Hall–Kier alpha value is -2.30. The van der Waals surface area contributed by atoms with E-state index in [1.807, 2.05) is 29.2 Å². The van der Waals surface area contributed by atoms with Gasteiger partial charge in [0, 0.05) is 52.4 Å². The Bertz CT molecular complexity index is 667. The average Bonchev–Trinajstić information content (AvgIpc) is 3.17. The molecule has 1 atom stereocenters. The van der Waals surface area contributed by atoms with Gasteiger partial charge in [-0.25, -0.2) is 4.79 Å². The van der Waals surface area contributed by atoms with Crippen LogP contribution in [0.25, 0.3) is 0 Å². The molecule has 2 amide bonds. The number of hydrogen-bond acceptors (Lipinski definition) is 5. The highest BCUT2D eigenvalue weighted by Crippen LogP contribution is 2.21. The van der Waals surface area contributed by atoms with Crippen LogP contribution >= 0.6 is 0 Å². The first-order chi connectivity index (χ1) is 13.2. The lowest BCUT2D eigenvalue weighted by molar-refractivity contribution is 0.139. The fourth-order valence-corrected chi connectivity index (χ4v) is 3.94. The zero-order valence-electron chi connectivity index (χ0n) is 16.1. The lowest BCUT2D eigenvalue weighted by Crippen LogP contribution is -2.53. The molecule has 1 aromatic rings. The normalized spacial score (nSPS) is 20.5. The van der Waals surface area contributed by atoms with Gasteiger partial charge in [0.2, 0.25) is 0 Å². The Labute approximate surface area is 161 Å². The van der Waals surface area contributed by atoms with Crippen molar-refractivity contribution in [2.24, 2.45) is 0 Å². The van der Waals surface area contributed by atoms with Crippen molar-refractivity contribution in [3.05, 3.63) is 29.8 Å². The minimum Gasteiger partial charge on any atom is -0.383 e. The summed E-state index contributed by atoms with van der Waals surface area (Å²) in [4.78, 5) is 19.0. The Morgan fingerprint density at radius 2 is 2.04 bits per heavy atom. The second-order valence-corrected chi connectivity index (χ2v) is 7.11. The van der Waals surface area contributed by atoms with Gasteiger partial charge in [0.1, 0.15) is 6.07 Å². The Morgan fingerprint density at radius 3 is 2.78 bits per heavy atom. The minimum atomic E-state index is 0.0156. The number of amides is 2. The standard InChI is InChI=1S/C20H29N5O2/c1-27-14-13-23-8-4-6-18(23)16-22-20(26)25-11-9-24(10-12-25)19-7-3-2-5-17(19)15-21/h2-3,5,7,18H,4,6,8-14,16H2,1H3,(H,22,26). The smallest absolute Gasteiger partial charge is 0.317 e. The third-order valence-corrected chi connectivity index (χ3v) is 5.50. The first kappa shape index (κ1) is 19.5. The molecule has 7 nitrogen and oxygen atoms in total. The van der Waals surface area contributed by atoms with E-state index in [0.717, 1.165) is 44.9 Å². The molecule has 1 N–H and O–H groups in total. The van der Waals surface area contributed by atoms with E-state index in [4.69, 9.17) is 4.74 Å². The third-order valence-electron chi connectivity index (χ3n) is 5.50. The highest BCUT2D eigenvalue weighted by atomic mass is 16.5. The Kier molecular flexibility index (Phi) is 6.91. The molecule has 2 aliphatic rings. The molecule has 0 aliphatic carbocycles.